The van der Waals surface area contributed by atoms with Crippen LogP contribution in [0.15, 0.2) is 54.6 Å². The van der Waals surface area contributed by atoms with E-state index in [1.807, 2.05) is 39.1 Å². The average molecular weight is 417 g/mol. The zero-order valence-electron chi connectivity index (χ0n) is 18.2. The molecule has 0 aliphatic carbocycles. The third-order valence-electron chi connectivity index (χ3n) is 6.20. The number of rotatable bonds is 9. The van der Waals surface area contributed by atoms with Gasteiger partial charge < -0.3 is 4.90 Å². The van der Waals surface area contributed by atoms with Crippen LogP contribution in [0, 0.1) is 17.2 Å². The van der Waals surface area contributed by atoms with Crippen molar-refractivity contribution in [1.29, 1.82) is 5.26 Å². The second kappa shape index (κ2) is 10.1. The van der Waals surface area contributed by atoms with Crippen LogP contribution in [0.5, 0.6) is 0 Å². The quantitative estimate of drug-likeness (QED) is 0.469. The molecule has 162 valence electrons. The molecule has 2 aromatic rings. The van der Waals surface area contributed by atoms with E-state index in [9.17, 15) is 18.4 Å². The molecule has 0 radical (unpaired) electrons. The molecule has 2 unspecified atom stereocenters. The fourth-order valence-corrected chi connectivity index (χ4v) is 3.93. The molecule has 0 fully saturated rings. The second-order valence-electron chi connectivity index (χ2n) is 8.39. The van der Waals surface area contributed by atoms with Gasteiger partial charge in [-0.1, -0.05) is 62.4 Å². The summed E-state index contributed by atoms with van der Waals surface area (Å²) in [5, 5.41) is 10.1. The van der Waals surface area contributed by atoms with Gasteiger partial charge in [-0.25, -0.2) is 0 Å². The largest absolute Gasteiger partial charge is 0.416 e. The minimum absolute atomic E-state index is 0.0918. The predicted molar refractivity (Wildman–Crippen MR) is 115 cm³/mol. The number of hydrogen-bond donors (Lipinski definition) is 0. The maximum Gasteiger partial charge on any atom is 0.416 e. The Morgan fingerprint density at radius 2 is 1.50 bits per heavy atom. The third-order valence-corrected chi connectivity index (χ3v) is 6.20. The van der Waals surface area contributed by atoms with Crippen LogP contribution >= 0.6 is 0 Å². The monoisotopic (exact) mass is 416 g/mol. The Kier molecular flexibility index (Phi) is 8.09. The Labute approximate surface area is 178 Å². The molecular weight excluding hydrogens is 385 g/mol. The predicted octanol–water partition coefficient (Wildman–Crippen LogP) is 6.47. The molecule has 0 saturated heterocycles. The molecule has 0 N–H and O–H groups in total. The molecule has 0 aromatic heterocycles. The maximum atomic E-state index is 13.6. The molecule has 0 amide bonds. The van der Waals surface area contributed by atoms with E-state index >= 15 is 0 Å². The summed E-state index contributed by atoms with van der Waals surface area (Å²) in [5.41, 5.74) is -0.538. The lowest BCUT2D eigenvalue weighted by molar-refractivity contribution is -0.138. The van der Waals surface area contributed by atoms with Crippen LogP contribution in [0.25, 0.3) is 0 Å². The summed E-state index contributed by atoms with van der Waals surface area (Å²) in [6.45, 7) is 6.59. The summed E-state index contributed by atoms with van der Waals surface area (Å²) in [4.78, 5) is 2.21. The van der Waals surface area contributed by atoms with Crippen molar-refractivity contribution >= 4 is 0 Å². The molecule has 2 nitrogen and oxygen atoms in total. The summed E-state index contributed by atoms with van der Waals surface area (Å²) >= 11 is 0. The summed E-state index contributed by atoms with van der Waals surface area (Å²) in [6.07, 6.45) is -2.55. The zero-order valence-corrected chi connectivity index (χ0v) is 18.2. The number of halogens is 3. The van der Waals surface area contributed by atoms with E-state index in [1.54, 1.807) is 6.07 Å². The van der Waals surface area contributed by atoms with Gasteiger partial charge in [-0.3, -0.25) is 0 Å². The van der Waals surface area contributed by atoms with Crippen molar-refractivity contribution in [2.75, 3.05) is 13.6 Å². The summed E-state index contributed by atoms with van der Waals surface area (Å²) in [7, 11) is 2.03. The standard InChI is InChI=1S/C25H31F3N2/c1-19(2)24(18-29,22-12-8-9-13-23(22)25(26,27)28)16-14-20(3)30(4)17-15-21-10-6-5-7-11-21/h5-13,19-20H,14-17H2,1-4H3. The molecule has 0 aliphatic heterocycles. The van der Waals surface area contributed by atoms with Crippen LogP contribution in [0.4, 0.5) is 13.2 Å². The smallest absolute Gasteiger partial charge is 0.303 e. The van der Waals surface area contributed by atoms with Crippen LogP contribution in [0.1, 0.15) is 50.3 Å². The lowest BCUT2D eigenvalue weighted by Crippen LogP contribution is -2.37. The maximum absolute atomic E-state index is 13.6. The number of benzene rings is 2. The number of alkyl halides is 3. The van der Waals surface area contributed by atoms with Gasteiger partial charge >= 0.3 is 6.18 Å². The fraction of sp³-hybridized carbons (Fsp3) is 0.480. The highest BCUT2D eigenvalue weighted by Gasteiger charge is 2.43. The highest BCUT2D eigenvalue weighted by Crippen LogP contribution is 2.43. The van der Waals surface area contributed by atoms with E-state index < -0.39 is 17.2 Å². The number of nitriles is 1. The molecule has 5 heteroatoms. The molecular formula is C25H31F3N2. The van der Waals surface area contributed by atoms with Crippen LogP contribution in [0.2, 0.25) is 0 Å². The van der Waals surface area contributed by atoms with Gasteiger partial charge in [-0.15, -0.1) is 0 Å². The molecule has 0 heterocycles. The van der Waals surface area contributed by atoms with Gasteiger partial charge in [-0.2, -0.15) is 18.4 Å². The van der Waals surface area contributed by atoms with Crippen molar-refractivity contribution in [3.05, 3.63) is 71.3 Å². The van der Waals surface area contributed by atoms with Crippen LogP contribution < -0.4 is 0 Å². The minimum atomic E-state index is -4.48. The average Bonchev–Trinajstić information content (AvgIpc) is 2.72. The summed E-state index contributed by atoms with van der Waals surface area (Å²) in [6, 6.07) is 18.2. The Hall–Kier alpha value is -2.32. The molecule has 2 rings (SSSR count). The summed E-state index contributed by atoms with van der Waals surface area (Å²) in [5.74, 6) is -0.243. The van der Waals surface area contributed by atoms with Gasteiger partial charge in [0, 0.05) is 12.6 Å². The van der Waals surface area contributed by atoms with Gasteiger partial charge in [-0.05, 0) is 56.3 Å². The van der Waals surface area contributed by atoms with E-state index in [0.717, 1.165) is 19.0 Å². The van der Waals surface area contributed by atoms with E-state index in [-0.39, 0.29) is 17.5 Å². The first-order chi connectivity index (χ1) is 14.1. The van der Waals surface area contributed by atoms with Gasteiger partial charge in [0.05, 0.1) is 17.0 Å². The highest BCUT2D eigenvalue weighted by molar-refractivity contribution is 5.41. The molecule has 2 atom stereocenters. The van der Waals surface area contributed by atoms with Crippen molar-refractivity contribution in [2.24, 2.45) is 5.92 Å². The third kappa shape index (κ3) is 5.64. The van der Waals surface area contributed by atoms with Crippen LogP contribution in [0.3, 0.4) is 0 Å². The van der Waals surface area contributed by atoms with Gasteiger partial charge in [0.2, 0.25) is 0 Å². The van der Waals surface area contributed by atoms with Crippen molar-refractivity contribution < 1.29 is 13.2 Å². The summed E-state index contributed by atoms with van der Waals surface area (Å²) < 4.78 is 40.9. The van der Waals surface area contributed by atoms with Crippen molar-refractivity contribution in [2.45, 2.75) is 57.7 Å². The van der Waals surface area contributed by atoms with Gasteiger partial charge in [0.1, 0.15) is 0 Å². The molecule has 0 aliphatic rings. The van der Waals surface area contributed by atoms with E-state index in [2.05, 4.69) is 30.0 Å². The first-order valence-corrected chi connectivity index (χ1v) is 10.4. The Balaban J connectivity index is 2.17. The number of nitrogens with zero attached hydrogens (tertiary/aromatic N) is 2. The van der Waals surface area contributed by atoms with Gasteiger partial charge in [0.15, 0.2) is 0 Å². The van der Waals surface area contributed by atoms with Crippen molar-refractivity contribution in [1.82, 2.24) is 4.90 Å². The van der Waals surface area contributed by atoms with E-state index in [4.69, 9.17) is 0 Å². The highest BCUT2D eigenvalue weighted by atomic mass is 19.4. The Bertz CT molecular complexity index is 839. The second-order valence-corrected chi connectivity index (χ2v) is 8.39. The molecule has 0 saturated carbocycles. The SMILES string of the molecule is CC(CCC(C#N)(c1ccccc1C(F)(F)F)C(C)C)N(C)CCc1ccccc1. The number of likely N-dealkylation sites (N-methyl/N-ethyl adjacent to an activating group) is 1. The lowest BCUT2D eigenvalue weighted by Gasteiger charge is -2.35. The number of hydrogen-bond acceptors (Lipinski definition) is 2. The topological polar surface area (TPSA) is 27.0 Å². The van der Waals surface area contributed by atoms with Crippen LogP contribution in [-0.4, -0.2) is 24.5 Å². The van der Waals surface area contributed by atoms with Crippen molar-refractivity contribution in [3.63, 3.8) is 0 Å². The van der Waals surface area contributed by atoms with E-state index in [1.165, 1.54) is 17.7 Å². The molecule has 0 spiro atoms. The Morgan fingerprint density at radius 1 is 0.933 bits per heavy atom. The van der Waals surface area contributed by atoms with Crippen molar-refractivity contribution in [3.8, 4) is 6.07 Å². The normalized spacial score (nSPS) is 15.1. The first-order valence-electron chi connectivity index (χ1n) is 10.4. The van der Waals surface area contributed by atoms with E-state index in [0.29, 0.717) is 12.8 Å². The van der Waals surface area contributed by atoms with Crippen LogP contribution in [-0.2, 0) is 18.0 Å². The minimum Gasteiger partial charge on any atom is -0.303 e. The lowest BCUT2D eigenvalue weighted by atomic mass is 9.68. The molecule has 2 aromatic carbocycles. The Morgan fingerprint density at radius 3 is 2.03 bits per heavy atom. The molecule has 0 bridgehead atoms. The first kappa shape index (κ1) is 24.0. The fourth-order valence-electron chi connectivity index (χ4n) is 3.93. The molecule has 30 heavy (non-hydrogen) atoms. The zero-order chi connectivity index (χ0) is 22.4. The van der Waals surface area contributed by atoms with Gasteiger partial charge in [0.25, 0.3) is 0 Å².